The van der Waals surface area contributed by atoms with Crippen LogP contribution in [0.5, 0.6) is 0 Å². The molecule has 0 saturated heterocycles. The number of aliphatic hydroxyl groups excluding tert-OH is 1. The highest BCUT2D eigenvalue weighted by atomic mass is 16.5. The van der Waals surface area contributed by atoms with Gasteiger partial charge in [0.05, 0.1) is 24.5 Å². The summed E-state index contributed by atoms with van der Waals surface area (Å²) in [5.74, 6) is -3.33. The normalized spacial score (nSPS) is 15.5. The summed E-state index contributed by atoms with van der Waals surface area (Å²) >= 11 is 0. The predicted octanol–water partition coefficient (Wildman–Crippen LogP) is 5.77. The lowest BCUT2D eigenvalue weighted by Crippen LogP contribution is -2.51. The molecule has 0 spiro atoms. The summed E-state index contributed by atoms with van der Waals surface area (Å²) in [5, 5.41) is 17.7. The highest BCUT2D eigenvalue weighted by Gasteiger charge is 2.33. The number of amides is 3. The Morgan fingerprint density at radius 3 is 2.22 bits per heavy atom. The molecule has 0 fully saturated rings. The summed E-state index contributed by atoms with van der Waals surface area (Å²) < 4.78 is 5.71. The smallest absolute Gasteiger partial charge is 0.309 e. The van der Waals surface area contributed by atoms with Gasteiger partial charge in [-0.05, 0) is 65.3 Å². The van der Waals surface area contributed by atoms with Crippen LogP contribution in [0.3, 0.4) is 0 Å². The maximum Gasteiger partial charge on any atom is 0.309 e. The van der Waals surface area contributed by atoms with Crippen LogP contribution in [-0.2, 0) is 43.3 Å². The van der Waals surface area contributed by atoms with Crippen molar-refractivity contribution < 1.29 is 29.0 Å². The Morgan fingerprint density at radius 1 is 0.824 bits per heavy atom. The number of carbonyl (C=O) groups excluding carboxylic acids is 4. The summed E-state index contributed by atoms with van der Waals surface area (Å²) in [4.78, 5) is 56.3. The van der Waals surface area contributed by atoms with Crippen LogP contribution in [0.4, 0.5) is 5.69 Å². The van der Waals surface area contributed by atoms with Gasteiger partial charge < -0.3 is 25.4 Å². The largest absolute Gasteiger partial charge is 0.463 e. The van der Waals surface area contributed by atoms with E-state index in [2.05, 4.69) is 23.8 Å². The van der Waals surface area contributed by atoms with Crippen molar-refractivity contribution in [1.82, 2.24) is 10.2 Å². The number of rotatable bonds is 16. The van der Waals surface area contributed by atoms with Crippen molar-refractivity contribution >= 4 is 40.2 Å². The van der Waals surface area contributed by atoms with E-state index >= 15 is 0 Å². The van der Waals surface area contributed by atoms with Crippen molar-refractivity contribution in [1.29, 1.82) is 0 Å². The van der Waals surface area contributed by atoms with E-state index in [0.717, 1.165) is 27.5 Å². The predicted molar refractivity (Wildman–Crippen MR) is 198 cm³/mol. The quantitative estimate of drug-likeness (QED) is 0.102. The average Bonchev–Trinajstić information content (AvgIpc) is 3.15. The number of hydrogen-bond donors (Lipinski definition) is 3. The summed E-state index contributed by atoms with van der Waals surface area (Å²) in [6.07, 6.45) is 4.52. The number of aliphatic hydroxyl groups is 1. The standard InChI is InChI=1S/C42H45N3O6/c1-3-12-33(25-39(47)45-26-35-19-11-10-18-32(35)24-37(45)27-46)40(48)44-38(41(49)43-36-21-20-30-16-8-9-17-31(30)23-36)28-51-42(50)34(13-4-2)22-29-14-6-5-7-15-29/h3-11,14-21,23,33-34,37-38,46H,1-2,12-13,22,24-28H2,(H,43,49)(H,44,48). The summed E-state index contributed by atoms with van der Waals surface area (Å²) in [6, 6.07) is 28.8. The van der Waals surface area contributed by atoms with Gasteiger partial charge in [-0.2, -0.15) is 0 Å². The number of hydrogen-bond acceptors (Lipinski definition) is 6. The van der Waals surface area contributed by atoms with Gasteiger partial charge in [-0.15, -0.1) is 13.2 Å². The zero-order valence-corrected chi connectivity index (χ0v) is 28.7. The van der Waals surface area contributed by atoms with Crippen LogP contribution in [0.1, 0.15) is 36.0 Å². The Labute approximate surface area is 299 Å². The first-order valence-corrected chi connectivity index (χ1v) is 17.3. The van der Waals surface area contributed by atoms with Crippen molar-refractivity contribution in [3.05, 3.63) is 139 Å². The van der Waals surface area contributed by atoms with Crippen LogP contribution in [0.15, 0.2) is 122 Å². The molecule has 0 radical (unpaired) electrons. The van der Waals surface area contributed by atoms with Crippen molar-refractivity contribution in [3.8, 4) is 0 Å². The maximum absolute atomic E-state index is 13.9. The van der Waals surface area contributed by atoms with E-state index in [1.165, 1.54) is 0 Å². The number of benzene rings is 4. The average molecular weight is 688 g/mol. The summed E-state index contributed by atoms with van der Waals surface area (Å²) in [6.45, 7) is 7.27. The Balaban J connectivity index is 1.32. The number of anilines is 1. The highest BCUT2D eigenvalue weighted by Crippen LogP contribution is 2.26. The second-order valence-corrected chi connectivity index (χ2v) is 12.9. The van der Waals surface area contributed by atoms with Gasteiger partial charge in [0.2, 0.25) is 11.8 Å². The fraction of sp³-hybridized carbons (Fsp3) is 0.286. The molecule has 9 nitrogen and oxygen atoms in total. The van der Waals surface area contributed by atoms with E-state index in [1.807, 2.05) is 91.0 Å². The second kappa shape index (κ2) is 17.9. The van der Waals surface area contributed by atoms with Crippen LogP contribution in [-0.4, -0.2) is 59.0 Å². The van der Waals surface area contributed by atoms with Crippen LogP contribution in [0.2, 0.25) is 0 Å². The van der Waals surface area contributed by atoms with Crippen LogP contribution >= 0.6 is 0 Å². The van der Waals surface area contributed by atoms with Gasteiger partial charge in [0, 0.05) is 18.7 Å². The zero-order valence-electron chi connectivity index (χ0n) is 28.7. The summed E-state index contributed by atoms with van der Waals surface area (Å²) in [5.41, 5.74) is 3.54. The number of nitrogens with one attached hydrogen (secondary N) is 2. The Morgan fingerprint density at radius 2 is 1.49 bits per heavy atom. The molecule has 4 aromatic carbocycles. The number of carbonyl (C=O) groups is 4. The topological polar surface area (TPSA) is 125 Å². The molecule has 4 aromatic rings. The molecule has 0 bridgehead atoms. The molecule has 0 saturated carbocycles. The monoisotopic (exact) mass is 687 g/mol. The molecule has 51 heavy (non-hydrogen) atoms. The van der Waals surface area contributed by atoms with E-state index in [1.54, 1.807) is 23.1 Å². The molecule has 1 heterocycles. The molecule has 5 rings (SSSR count). The van der Waals surface area contributed by atoms with E-state index < -0.39 is 48.3 Å². The minimum atomic E-state index is -1.26. The molecule has 4 atom stereocenters. The minimum absolute atomic E-state index is 0.159. The van der Waals surface area contributed by atoms with Crippen molar-refractivity contribution in [3.63, 3.8) is 0 Å². The van der Waals surface area contributed by atoms with Crippen molar-refractivity contribution in [2.24, 2.45) is 11.8 Å². The van der Waals surface area contributed by atoms with E-state index in [-0.39, 0.29) is 25.4 Å². The molecule has 264 valence electrons. The minimum Gasteiger partial charge on any atom is -0.463 e. The van der Waals surface area contributed by atoms with Gasteiger partial charge in [0.25, 0.3) is 5.91 Å². The molecule has 0 aromatic heterocycles. The lowest BCUT2D eigenvalue weighted by molar-refractivity contribution is -0.150. The van der Waals surface area contributed by atoms with Gasteiger partial charge in [0.15, 0.2) is 0 Å². The van der Waals surface area contributed by atoms with Crippen molar-refractivity contribution in [2.75, 3.05) is 18.5 Å². The lowest BCUT2D eigenvalue weighted by atomic mass is 9.92. The Kier molecular flexibility index (Phi) is 12.9. The first-order chi connectivity index (χ1) is 24.8. The molecule has 9 heteroatoms. The van der Waals surface area contributed by atoms with Gasteiger partial charge in [-0.3, -0.25) is 19.2 Å². The van der Waals surface area contributed by atoms with E-state index in [4.69, 9.17) is 4.74 Å². The second-order valence-electron chi connectivity index (χ2n) is 12.9. The first-order valence-electron chi connectivity index (χ1n) is 17.3. The number of fused-ring (bicyclic) bond motifs is 2. The Bertz CT molecular complexity index is 1860. The third-order valence-corrected chi connectivity index (χ3v) is 9.28. The van der Waals surface area contributed by atoms with Crippen LogP contribution in [0.25, 0.3) is 10.8 Å². The molecule has 3 N–H and O–H groups in total. The van der Waals surface area contributed by atoms with Gasteiger partial charge in [-0.25, -0.2) is 0 Å². The number of ether oxygens (including phenoxy) is 1. The molecule has 4 unspecified atom stereocenters. The zero-order chi connectivity index (χ0) is 36.2. The SMILES string of the molecule is C=CCC(CC(=O)N1Cc2ccccc2CC1CO)C(=O)NC(COC(=O)C(CC=C)Cc1ccccc1)C(=O)Nc1ccc2ccccc2c1. The van der Waals surface area contributed by atoms with Gasteiger partial charge >= 0.3 is 5.97 Å². The molecule has 0 aliphatic carbocycles. The fourth-order valence-electron chi connectivity index (χ4n) is 6.47. The molecular formula is C42H45N3O6. The van der Waals surface area contributed by atoms with Crippen LogP contribution < -0.4 is 10.6 Å². The van der Waals surface area contributed by atoms with Gasteiger partial charge in [0.1, 0.15) is 12.6 Å². The molecule has 1 aliphatic heterocycles. The first kappa shape index (κ1) is 36.7. The third kappa shape index (κ3) is 9.80. The lowest BCUT2D eigenvalue weighted by Gasteiger charge is -2.36. The summed E-state index contributed by atoms with van der Waals surface area (Å²) in [7, 11) is 0. The molecular weight excluding hydrogens is 642 g/mol. The number of nitrogens with zero attached hydrogens (tertiary/aromatic N) is 1. The fourth-order valence-corrected chi connectivity index (χ4v) is 6.47. The van der Waals surface area contributed by atoms with Crippen molar-refractivity contribution in [2.45, 2.75) is 50.7 Å². The third-order valence-electron chi connectivity index (χ3n) is 9.28. The molecule has 3 amide bonds. The maximum atomic E-state index is 13.9. The van der Waals surface area contributed by atoms with E-state index in [9.17, 15) is 24.3 Å². The molecule has 1 aliphatic rings. The van der Waals surface area contributed by atoms with Crippen LogP contribution in [0, 0.1) is 11.8 Å². The van der Waals surface area contributed by atoms with E-state index in [0.29, 0.717) is 31.5 Å². The Hall–Kier alpha value is -5.54. The number of allylic oxidation sites excluding steroid dienone is 2. The highest BCUT2D eigenvalue weighted by molar-refractivity contribution is 6.00. The number of esters is 1. The van der Waals surface area contributed by atoms with Gasteiger partial charge in [-0.1, -0.05) is 97.1 Å².